The summed E-state index contributed by atoms with van der Waals surface area (Å²) in [6.45, 7) is 0. The quantitative estimate of drug-likeness (QED) is 0.492. The van der Waals surface area contributed by atoms with Gasteiger partial charge in [0, 0.05) is 21.5 Å². The number of carbonyl (C=O) groups is 1. The highest BCUT2D eigenvalue weighted by molar-refractivity contribution is 9.10. The molecule has 3 aromatic carbocycles. The fourth-order valence-electron chi connectivity index (χ4n) is 2.21. The van der Waals surface area contributed by atoms with Crippen LogP contribution in [0.2, 0.25) is 0 Å². The third kappa shape index (κ3) is 5.63. The van der Waals surface area contributed by atoms with Crippen LogP contribution in [0.5, 0.6) is 0 Å². The summed E-state index contributed by atoms with van der Waals surface area (Å²) < 4.78 is 28.9. The summed E-state index contributed by atoms with van der Waals surface area (Å²) in [5.74, 6) is -0.358. The molecule has 0 bridgehead atoms. The van der Waals surface area contributed by atoms with E-state index in [2.05, 4.69) is 31.3 Å². The fourth-order valence-corrected chi connectivity index (χ4v) is 3.46. The van der Waals surface area contributed by atoms with Crippen molar-refractivity contribution < 1.29 is 13.4 Å². The largest absolute Gasteiger partial charge is 0.323 e. The molecule has 0 aliphatic carbocycles. The number of urea groups is 1. The lowest BCUT2D eigenvalue weighted by Crippen LogP contribution is -2.19. The van der Waals surface area contributed by atoms with Crippen LogP contribution in [-0.2, 0) is 11.0 Å². The average molecular weight is 448 g/mol. The zero-order valence-corrected chi connectivity index (χ0v) is 16.3. The molecule has 8 heteroatoms. The molecule has 1 atom stereocenters. The standard InChI is InChI=1S/C19H15BrFN3O2S/c20-13-2-1-3-17(12-13)23-19(25)22-15-8-10-18(11-9-15)27(26)24-16-6-4-14(21)5-7-16/h1-12,24H,(H2,22,23,25). The first-order chi connectivity index (χ1) is 13.0. The highest BCUT2D eigenvalue weighted by Crippen LogP contribution is 2.18. The van der Waals surface area contributed by atoms with Crippen molar-refractivity contribution in [2.45, 2.75) is 4.90 Å². The van der Waals surface area contributed by atoms with E-state index >= 15 is 0 Å². The number of hydrogen-bond acceptors (Lipinski definition) is 2. The summed E-state index contributed by atoms with van der Waals surface area (Å²) in [4.78, 5) is 12.6. The maximum atomic E-state index is 12.9. The lowest BCUT2D eigenvalue weighted by molar-refractivity contribution is 0.262. The second kappa shape index (κ2) is 8.79. The molecule has 0 fully saturated rings. The van der Waals surface area contributed by atoms with Gasteiger partial charge in [0.25, 0.3) is 0 Å². The van der Waals surface area contributed by atoms with Crippen LogP contribution in [0.25, 0.3) is 0 Å². The Morgan fingerprint density at radius 1 is 0.852 bits per heavy atom. The van der Waals surface area contributed by atoms with Crippen LogP contribution >= 0.6 is 15.9 Å². The molecule has 3 aromatic rings. The van der Waals surface area contributed by atoms with E-state index in [0.29, 0.717) is 22.0 Å². The van der Waals surface area contributed by atoms with Gasteiger partial charge in [0.1, 0.15) is 16.8 Å². The van der Waals surface area contributed by atoms with E-state index in [1.54, 1.807) is 36.4 Å². The van der Waals surface area contributed by atoms with E-state index in [9.17, 15) is 13.4 Å². The smallest absolute Gasteiger partial charge is 0.308 e. The van der Waals surface area contributed by atoms with E-state index in [4.69, 9.17) is 0 Å². The molecule has 0 heterocycles. The fraction of sp³-hybridized carbons (Fsp3) is 0. The number of nitrogens with one attached hydrogen (secondary N) is 3. The van der Waals surface area contributed by atoms with Crippen molar-refractivity contribution in [2.24, 2.45) is 0 Å². The molecule has 3 N–H and O–H groups in total. The van der Waals surface area contributed by atoms with Gasteiger partial charge >= 0.3 is 6.03 Å². The lowest BCUT2D eigenvalue weighted by Gasteiger charge is -2.09. The number of benzene rings is 3. The summed E-state index contributed by atoms with van der Waals surface area (Å²) in [5, 5.41) is 5.43. The van der Waals surface area contributed by atoms with E-state index in [-0.39, 0.29) is 11.8 Å². The highest BCUT2D eigenvalue weighted by Gasteiger charge is 2.07. The maximum Gasteiger partial charge on any atom is 0.323 e. The van der Waals surface area contributed by atoms with Gasteiger partial charge in [-0.2, -0.15) is 0 Å². The Hall–Kier alpha value is -2.71. The first-order valence-electron chi connectivity index (χ1n) is 7.87. The Kier molecular flexibility index (Phi) is 6.20. The van der Waals surface area contributed by atoms with Gasteiger partial charge in [0.2, 0.25) is 0 Å². The molecule has 0 spiro atoms. The molecular formula is C19H15BrFN3O2S. The predicted molar refractivity (Wildman–Crippen MR) is 110 cm³/mol. The minimum Gasteiger partial charge on any atom is -0.308 e. The zero-order valence-electron chi connectivity index (χ0n) is 13.9. The van der Waals surface area contributed by atoms with Crippen molar-refractivity contribution >= 4 is 50.0 Å². The van der Waals surface area contributed by atoms with Crippen molar-refractivity contribution in [3.8, 4) is 0 Å². The Morgan fingerprint density at radius 2 is 1.48 bits per heavy atom. The van der Waals surface area contributed by atoms with Crippen molar-refractivity contribution in [3.63, 3.8) is 0 Å². The van der Waals surface area contributed by atoms with Crippen molar-refractivity contribution in [2.75, 3.05) is 15.4 Å². The van der Waals surface area contributed by atoms with Crippen LogP contribution in [0.4, 0.5) is 26.2 Å². The molecule has 0 radical (unpaired) electrons. The predicted octanol–water partition coefficient (Wildman–Crippen LogP) is 5.37. The van der Waals surface area contributed by atoms with Gasteiger partial charge in [-0.25, -0.2) is 13.4 Å². The third-order valence-corrected chi connectivity index (χ3v) is 5.08. The first kappa shape index (κ1) is 19.1. The van der Waals surface area contributed by atoms with Gasteiger partial charge in [-0.15, -0.1) is 0 Å². The topological polar surface area (TPSA) is 70.2 Å². The highest BCUT2D eigenvalue weighted by atomic mass is 79.9. The summed E-state index contributed by atoms with van der Waals surface area (Å²) in [6.07, 6.45) is 0. The van der Waals surface area contributed by atoms with Gasteiger partial charge in [0.05, 0.1) is 4.90 Å². The lowest BCUT2D eigenvalue weighted by atomic mass is 10.3. The van der Waals surface area contributed by atoms with Crippen LogP contribution < -0.4 is 15.4 Å². The minimum atomic E-state index is -1.50. The van der Waals surface area contributed by atoms with Gasteiger partial charge in [-0.05, 0) is 66.7 Å². The van der Waals surface area contributed by atoms with E-state index in [1.165, 1.54) is 24.3 Å². The van der Waals surface area contributed by atoms with E-state index in [0.717, 1.165) is 4.47 Å². The molecule has 1 unspecified atom stereocenters. The molecule has 3 rings (SSSR count). The number of carbonyl (C=O) groups excluding carboxylic acids is 1. The van der Waals surface area contributed by atoms with E-state index < -0.39 is 11.0 Å². The second-order valence-corrected chi connectivity index (χ2v) is 7.62. The number of amides is 2. The Labute approximate surface area is 166 Å². The maximum absolute atomic E-state index is 12.9. The van der Waals surface area contributed by atoms with Crippen LogP contribution in [0.3, 0.4) is 0 Å². The third-order valence-electron chi connectivity index (χ3n) is 3.46. The number of rotatable bonds is 5. The molecule has 27 heavy (non-hydrogen) atoms. The Morgan fingerprint density at radius 3 is 2.15 bits per heavy atom. The number of anilines is 3. The number of halogens is 2. The van der Waals surface area contributed by atoms with Gasteiger partial charge in [0.15, 0.2) is 0 Å². The molecule has 2 amide bonds. The molecule has 0 saturated carbocycles. The Bertz CT molecular complexity index is 965. The second-order valence-electron chi connectivity index (χ2n) is 5.49. The molecule has 0 saturated heterocycles. The van der Waals surface area contributed by atoms with Crippen LogP contribution in [0.15, 0.2) is 82.2 Å². The Balaban J connectivity index is 1.58. The molecule has 0 aromatic heterocycles. The van der Waals surface area contributed by atoms with Crippen LogP contribution in [0, 0.1) is 5.82 Å². The van der Waals surface area contributed by atoms with Crippen LogP contribution in [-0.4, -0.2) is 10.2 Å². The van der Waals surface area contributed by atoms with Crippen molar-refractivity contribution in [3.05, 3.63) is 83.1 Å². The first-order valence-corrected chi connectivity index (χ1v) is 9.81. The van der Waals surface area contributed by atoms with Crippen LogP contribution in [0.1, 0.15) is 0 Å². The van der Waals surface area contributed by atoms with Crippen molar-refractivity contribution in [1.82, 2.24) is 0 Å². The van der Waals surface area contributed by atoms with Gasteiger partial charge < -0.3 is 15.4 Å². The minimum absolute atomic E-state index is 0.358. The summed E-state index contributed by atoms with van der Waals surface area (Å²) in [5.41, 5.74) is 1.76. The monoisotopic (exact) mass is 447 g/mol. The molecular weight excluding hydrogens is 433 g/mol. The molecule has 0 aliphatic heterocycles. The summed E-state index contributed by atoms with van der Waals surface area (Å²) >= 11 is 3.34. The summed E-state index contributed by atoms with van der Waals surface area (Å²) in [7, 11) is -1.50. The normalized spacial score (nSPS) is 11.5. The average Bonchev–Trinajstić information content (AvgIpc) is 2.64. The van der Waals surface area contributed by atoms with E-state index in [1.807, 2.05) is 12.1 Å². The summed E-state index contributed by atoms with van der Waals surface area (Å²) in [6, 6.07) is 19.0. The zero-order chi connectivity index (χ0) is 19.2. The van der Waals surface area contributed by atoms with Gasteiger partial charge in [-0.3, -0.25) is 0 Å². The number of hydrogen-bond donors (Lipinski definition) is 3. The molecule has 138 valence electrons. The molecule has 5 nitrogen and oxygen atoms in total. The SMILES string of the molecule is O=C(Nc1ccc(S(=O)Nc2ccc(F)cc2)cc1)Nc1cccc(Br)c1. The van der Waals surface area contributed by atoms with Gasteiger partial charge in [-0.1, -0.05) is 22.0 Å². The molecule has 0 aliphatic rings. The van der Waals surface area contributed by atoms with Crippen molar-refractivity contribution in [1.29, 1.82) is 0 Å².